The Hall–Kier alpha value is -1.85. The fourth-order valence-corrected chi connectivity index (χ4v) is 1.43. The molecule has 0 spiro atoms. The molecule has 19 heavy (non-hydrogen) atoms. The van der Waals surface area contributed by atoms with Gasteiger partial charge in [0, 0.05) is 19.5 Å². The van der Waals surface area contributed by atoms with Crippen molar-refractivity contribution < 1.29 is 19.1 Å². The molecule has 0 atom stereocenters. The number of aromatic nitrogens is 2. The highest BCUT2D eigenvalue weighted by Gasteiger charge is 2.16. The largest absolute Gasteiger partial charge is 0.465 e. The summed E-state index contributed by atoms with van der Waals surface area (Å²) < 4.78 is 11.5. The van der Waals surface area contributed by atoms with Crippen LogP contribution < -0.4 is 0 Å². The zero-order valence-electron chi connectivity index (χ0n) is 11.8. The van der Waals surface area contributed by atoms with Crippen molar-refractivity contribution in [1.82, 2.24) is 9.78 Å². The first-order chi connectivity index (χ1) is 8.76. The van der Waals surface area contributed by atoms with Gasteiger partial charge in [0.15, 0.2) is 0 Å². The van der Waals surface area contributed by atoms with Gasteiger partial charge < -0.3 is 9.47 Å². The first-order valence-corrected chi connectivity index (χ1v) is 6.14. The zero-order valence-corrected chi connectivity index (χ0v) is 11.8. The highest BCUT2D eigenvalue weighted by atomic mass is 16.6. The second-order valence-electron chi connectivity index (χ2n) is 5.18. The van der Waals surface area contributed by atoms with E-state index in [1.807, 2.05) is 20.8 Å². The van der Waals surface area contributed by atoms with Gasteiger partial charge in [-0.05, 0) is 26.8 Å². The fraction of sp³-hybridized carbons (Fsp3) is 0.615. The summed E-state index contributed by atoms with van der Waals surface area (Å²) in [5.41, 5.74) is 0.271. The molecule has 0 saturated heterocycles. The van der Waals surface area contributed by atoms with Crippen LogP contribution in [0.1, 0.15) is 33.4 Å². The molecule has 0 amide bonds. The fourth-order valence-electron chi connectivity index (χ4n) is 1.43. The Morgan fingerprint density at radius 2 is 2.05 bits per heavy atom. The molecule has 0 unspecified atom stereocenters. The molecular weight excluding hydrogens is 248 g/mol. The molecule has 0 aromatic carbocycles. The van der Waals surface area contributed by atoms with Crippen molar-refractivity contribution in [3.05, 3.63) is 18.0 Å². The lowest BCUT2D eigenvalue weighted by atomic mass is 10.2. The third kappa shape index (κ3) is 6.59. The number of carbonyl (C=O) groups excluding carboxylic acids is 2. The van der Waals surface area contributed by atoms with Crippen molar-refractivity contribution >= 4 is 11.9 Å². The Labute approximate surface area is 112 Å². The summed E-state index contributed by atoms with van der Waals surface area (Å²) in [6.07, 6.45) is 2.23. The SMILES string of the molecule is CC(=O)OCCc1ccn(CC(=O)OC(C)(C)C)n1. The normalized spacial score (nSPS) is 11.2. The van der Waals surface area contributed by atoms with E-state index in [9.17, 15) is 9.59 Å². The van der Waals surface area contributed by atoms with E-state index < -0.39 is 5.60 Å². The van der Waals surface area contributed by atoms with Crippen molar-refractivity contribution in [3.8, 4) is 0 Å². The molecule has 1 aromatic rings. The number of esters is 2. The monoisotopic (exact) mass is 268 g/mol. The maximum Gasteiger partial charge on any atom is 0.328 e. The van der Waals surface area contributed by atoms with Crippen LogP contribution in [0.25, 0.3) is 0 Å². The maximum absolute atomic E-state index is 11.6. The smallest absolute Gasteiger partial charge is 0.328 e. The van der Waals surface area contributed by atoms with E-state index in [1.54, 1.807) is 12.3 Å². The zero-order chi connectivity index (χ0) is 14.5. The van der Waals surface area contributed by atoms with Crippen LogP contribution in [0.4, 0.5) is 0 Å². The van der Waals surface area contributed by atoms with E-state index in [-0.39, 0.29) is 18.5 Å². The van der Waals surface area contributed by atoms with Crippen molar-refractivity contribution in [1.29, 1.82) is 0 Å². The van der Waals surface area contributed by atoms with Gasteiger partial charge in [-0.25, -0.2) is 0 Å². The van der Waals surface area contributed by atoms with Crippen LogP contribution in [-0.2, 0) is 32.0 Å². The summed E-state index contributed by atoms with van der Waals surface area (Å²) in [5.74, 6) is -0.643. The lowest BCUT2D eigenvalue weighted by Gasteiger charge is -2.19. The van der Waals surface area contributed by atoms with E-state index in [2.05, 4.69) is 5.10 Å². The summed E-state index contributed by atoms with van der Waals surface area (Å²) in [7, 11) is 0. The number of ether oxygens (including phenoxy) is 2. The van der Waals surface area contributed by atoms with Gasteiger partial charge in [-0.15, -0.1) is 0 Å². The minimum Gasteiger partial charge on any atom is -0.465 e. The predicted octanol–water partition coefficient (Wildman–Crippen LogP) is 1.33. The van der Waals surface area contributed by atoms with E-state index in [1.165, 1.54) is 11.6 Å². The number of nitrogens with zero attached hydrogens (tertiary/aromatic N) is 2. The Morgan fingerprint density at radius 1 is 1.37 bits per heavy atom. The first kappa shape index (κ1) is 15.2. The molecule has 0 aliphatic rings. The Bertz CT molecular complexity index is 446. The first-order valence-electron chi connectivity index (χ1n) is 6.14. The molecule has 1 aromatic heterocycles. The molecular formula is C13H20N2O4. The maximum atomic E-state index is 11.6. The van der Waals surface area contributed by atoms with Crippen LogP contribution in [-0.4, -0.2) is 33.9 Å². The lowest BCUT2D eigenvalue weighted by molar-refractivity contribution is -0.155. The highest BCUT2D eigenvalue weighted by molar-refractivity contribution is 5.69. The predicted molar refractivity (Wildman–Crippen MR) is 68.4 cm³/mol. The summed E-state index contributed by atoms with van der Waals surface area (Å²) in [4.78, 5) is 22.2. The van der Waals surface area contributed by atoms with Gasteiger partial charge in [0.05, 0.1) is 12.3 Å². The average Bonchev–Trinajstić information content (AvgIpc) is 2.61. The Kier molecular flexibility index (Phi) is 5.09. The van der Waals surface area contributed by atoms with Crippen LogP contribution in [0.3, 0.4) is 0 Å². The van der Waals surface area contributed by atoms with Crippen LogP contribution in [0.15, 0.2) is 12.3 Å². The van der Waals surface area contributed by atoms with Gasteiger partial charge in [0.1, 0.15) is 12.1 Å². The van der Waals surface area contributed by atoms with Crippen LogP contribution in [0.5, 0.6) is 0 Å². The molecule has 0 bridgehead atoms. The van der Waals surface area contributed by atoms with Crippen LogP contribution in [0, 0.1) is 0 Å². The van der Waals surface area contributed by atoms with Crippen molar-refractivity contribution in [2.24, 2.45) is 0 Å². The molecule has 0 saturated carbocycles. The molecule has 0 aliphatic heterocycles. The van der Waals surface area contributed by atoms with Gasteiger partial charge in [0.25, 0.3) is 0 Å². The standard InChI is InChI=1S/C13H20N2O4/c1-10(16)18-8-6-11-5-7-15(14-11)9-12(17)19-13(2,3)4/h5,7H,6,8-9H2,1-4H3. The molecule has 0 fully saturated rings. The molecule has 0 aliphatic carbocycles. The molecule has 6 heteroatoms. The van der Waals surface area contributed by atoms with Gasteiger partial charge in [-0.1, -0.05) is 0 Å². The summed E-state index contributed by atoms with van der Waals surface area (Å²) in [6.45, 7) is 7.18. The molecule has 106 valence electrons. The summed E-state index contributed by atoms with van der Waals surface area (Å²) in [6, 6.07) is 1.79. The Morgan fingerprint density at radius 3 is 2.63 bits per heavy atom. The molecule has 1 heterocycles. The van der Waals surface area contributed by atoms with Crippen molar-refractivity contribution in [2.45, 2.75) is 46.3 Å². The lowest BCUT2D eigenvalue weighted by Crippen LogP contribution is -2.26. The second-order valence-corrected chi connectivity index (χ2v) is 5.18. The van der Waals surface area contributed by atoms with Gasteiger partial charge in [-0.3, -0.25) is 14.3 Å². The van der Waals surface area contributed by atoms with E-state index in [0.717, 1.165) is 5.69 Å². The van der Waals surface area contributed by atoms with Crippen LogP contribution in [0.2, 0.25) is 0 Å². The molecule has 6 nitrogen and oxygen atoms in total. The molecule has 0 N–H and O–H groups in total. The average molecular weight is 268 g/mol. The number of hydrogen-bond donors (Lipinski definition) is 0. The third-order valence-electron chi connectivity index (χ3n) is 2.07. The second kappa shape index (κ2) is 6.36. The summed E-state index contributed by atoms with van der Waals surface area (Å²) in [5, 5.41) is 4.20. The molecule has 0 radical (unpaired) electrons. The minimum absolute atomic E-state index is 0.0742. The van der Waals surface area contributed by atoms with E-state index in [0.29, 0.717) is 13.0 Å². The van der Waals surface area contributed by atoms with E-state index in [4.69, 9.17) is 9.47 Å². The van der Waals surface area contributed by atoms with Crippen molar-refractivity contribution in [3.63, 3.8) is 0 Å². The van der Waals surface area contributed by atoms with Crippen LogP contribution >= 0.6 is 0 Å². The Balaban J connectivity index is 2.42. The van der Waals surface area contributed by atoms with Gasteiger partial charge in [-0.2, -0.15) is 5.10 Å². The van der Waals surface area contributed by atoms with E-state index >= 15 is 0 Å². The molecule has 1 rings (SSSR count). The number of carbonyl (C=O) groups is 2. The van der Waals surface area contributed by atoms with Crippen molar-refractivity contribution in [2.75, 3.05) is 6.61 Å². The van der Waals surface area contributed by atoms with Gasteiger partial charge >= 0.3 is 11.9 Å². The van der Waals surface area contributed by atoms with Gasteiger partial charge in [0.2, 0.25) is 0 Å². The summed E-state index contributed by atoms with van der Waals surface area (Å²) >= 11 is 0. The minimum atomic E-state index is -0.498. The topological polar surface area (TPSA) is 70.4 Å². The third-order valence-corrected chi connectivity index (χ3v) is 2.07. The number of hydrogen-bond acceptors (Lipinski definition) is 5. The number of rotatable bonds is 5. The highest BCUT2D eigenvalue weighted by Crippen LogP contribution is 2.07. The quantitative estimate of drug-likeness (QED) is 0.753.